The molecule has 3 nitrogen and oxygen atoms in total. The number of carbonyl (C=O) groups excluding carboxylic acids is 2. The number of carbonyl (C=O) groups is 2. The third-order valence-electron chi connectivity index (χ3n) is 2.38. The molecule has 0 aliphatic rings. The number of esters is 1. The van der Waals surface area contributed by atoms with Gasteiger partial charge in [-0.3, -0.25) is 4.79 Å². The highest BCUT2D eigenvalue weighted by molar-refractivity contribution is 6.19. The molecule has 0 bridgehead atoms. The Morgan fingerprint density at radius 3 is 2.65 bits per heavy atom. The van der Waals surface area contributed by atoms with E-state index in [9.17, 15) is 9.59 Å². The molecule has 0 spiro atoms. The van der Waals surface area contributed by atoms with Crippen LogP contribution < -0.4 is 0 Å². The fourth-order valence-corrected chi connectivity index (χ4v) is 1.63. The van der Waals surface area contributed by atoms with Crippen LogP contribution in [0.1, 0.15) is 39.6 Å². The molecule has 17 heavy (non-hydrogen) atoms. The summed E-state index contributed by atoms with van der Waals surface area (Å²) >= 11 is 5.52. The first kappa shape index (κ1) is 13.7. The maximum Gasteiger partial charge on any atom is 0.338 e. The molecule has 0 unspecified atom stereocenters. The first-order chi connectivity index (χ1) is 8.10. The van der Waals surface area contributed by atoms with Gasteiger partial charge in [0.25, 0.3) is 0 Å². The lowest BCUT2D eigenvalue weighted by Crippen LogP contribution is -2.09. The van der Waals surface area contributed by atoms with Crippen LogP contribution in [0.5, 0.6) is 0 Å². The second-order valence-corrected chi connectivity index (χ2v) is 3.99. The maximum absolute atomic E-state index is 11.7. The fourth-order valence-electron chi connectivity index (χ4n) is 1.45. The number of hydrogen-bond donors (Lipinski definition) is 0. The highest BCUT2D eigenvalue weighted by atomic mass is 35.5. The SMILES string of the molecule is CCOC(=O)c1cc(C(=O)CCCl)ccc1C. The van der Waals surface area contributed by atoms with Gasteiger partial charge in [-0.05, 0) is 25.5 Å². The zero-order chi connectivity index (χ0) is 12.8. The molecule has 0 aliphatic heterocycles. The van der Waals surface area contributed by atoms with Gasteiger partial charge in [-0.2, -0.15) is 0 Å². The lowest BCUT2D eigenvalue weighted by Gasteiger charge is -2.07. The molecule has 1 aromatic carbocycles. The van der Waals surface area contributed by atoms with Crippen LogP contribution in [0.15, 0.2) is 18.2 Å². The van der Waals surface area contributed by atoms with Crippen molar-refractivity contribution in [3.63, 3.8) is 0 Å². The van der Waals surface area contributed by atoms with E-state index in [0.29, 0.717) is 17.7 Å². The van der Waals surface area contributed by atoms with Crippen molar-refractivity contribution in [3.8, 4) is 0 Å². The summed E-state index contributed by atoms with van der Waals surface area (Å²) in [6.07, 6.45) is 0.271. The lowest BCUT2D eigenvalue weighted by atomic mass is 10.0. The number of aryl methyl sites for hydroxylation is 1. The number of Topliss-reactive ketones (excluding diaryl/α,β-unsaturated/α-hetero) is 1. The van der Waals surface area contributed by atoms with Crippen molar-refractivity contribution in [2.45, 2.75) is 20.3 Å². The fraction of sp³-hybridized carbons (Fsp3) is 0.385. The van der Waals surface area contributed by atoms with E-state index in [1.54, 1.807) is 25.1 Å². The monoisotopic (exact) mass is 254 g/mol. The second kappa shape index (κ2) is 6.40. The van der Waals surface area contributed by atoms with E-state index in [2.05, 4.69) is 0 Å². The average molecular weight is 255 g/mol. The minimum Gasteiger partial charge on any atom is -0.462 e. The summed E-state index contributed by atoms with van der Waals surface area (Å²) in [6.45, 7) is 3.87. The molecule has 0 fully saturated rings. The van der Waals surface area contributed by atoms with E-state index in [-0.39, 0.29) is 18.1 Å². The summed E-state index contributed by atoms with van der Waals surface area (Å²) in [5.41, 5.74) is 1.73. The summed E-state index contributed by atoms with van der Waals surface area (Å²) in [5.74, 6) is -0.183. The molecular weight excluding hydrogens is 240 g/mol. The number of benzene rings is 1. The van der Waals surface area contributed by atoms with Crippen molar-refractivity contribution < 1.29 is 14.3 Å². The van der Waals surface area contributed by atoms with Gasteiger partial charge in [-0.25, -0.2) is 4.79 Å². The number of ketones is 1. The lowest BCUT2D eigenvalue weighted by molar-refractivity contribution is 0.0525. The van der Waals surface area contributed by atoms with Crippen LogP contribution in [-0.2, 0) is 4.74 Å². The Labute approximate surface area is 106 Å². The molecule has 92 valence electrons. The van der Waals surface area contributed by atoms with E-state index >= 15 is 0 Å². The van der Waals surface area contributed by atoms with E-state index < -0.39 is 5.97 Å². The van der Waals surface area contributed by atoms with Gasteiger partial charge >= 0.3 is 5.97 Å². The van der Waals surface area contributed by atoms with Crippen molar-refractivity contribution in [3.05, 3.63) is 34.9 Å². The van der Waals surface area contributed by atoms with Crippen LogP contribution in [0.3, 0.4) is 0 Å². The van der Waals surface area contributed by atoms with Crippen LogP contribution in [0.4, 0.5) is 0 Å². The molecule has 1 rings (SSSR count). The zero-order valence-corrected chi connectivity index (χ0v) is 10.7. The van der Waals surface area contributed by atoms with Crippen molar-refractivity contribution in [1.29, 1.82) is 0 Å². The Kier molecular flexibility index (Phi) is 5.16. The number of alkyl halides is 1. The summed E-state index contributed by atoms with van der Waals surface area (Å²) in [5, 5.41) is 0. The van der Waals surface area contributed by atoms with Gasteiger partial charge in [0.15, 0.2) is 5.78 Å². The van der Waals surface area contributed by atoms with E-state index in [4.69, 9.17) is 16.3 Å². The largest absolute Gasteiger partial charge is 0.462 e. The van der Waals surface area contributed by atoms with Gasteiger partial charge in [-0.1, -0.05) is 12.1 Å². The van der Waals surface area contributed by atoms with Crippen LogP contribution in [0.25, 0.3) is 0 Å². The molecule has 0 saturated heterocycles. The molecule has 1 aromatic rings. The minimum absolute atomic E-state index is 0.0643. The third kappa shape index (κ3) is 3.56. The average Bonchev–Trinajstić information content (AvgIpc) is 2.30. The Morgan fingerprint density at radius 1 is 1.35 bits per heavy atom. The Balaban J connectivity index is 3.02. The number of hydrogen-bond acceptors (Lipinski definition) is 3. The maximum atomic E-state index is 11.7. The van der Waals surface area contributed by atoms with Gasteiger partial charge in [0.1, 0.15) is 0 Å². The highest BCUT2D eigenvalue weighted by Crippen LogP contribution is 2.14. The molecule has 0 amide bonds. The summed E-state index contributed by atoms with van der Waals surface area (Å²) < 4.78 is 4.93. The van der Waals surface area contributed by atoms with Gasteiger partial charge in [0.2, 0.25) is 0 Å². The Bertz CT molecular complexity index is 427. The predicted octanol–water partition coefficient (Wildman–Crippen LogP) is 2.98. The number of rotatable bonds is 5. The van der Waals surface area contributed by atoms with E-state index in [1.807, 2.05) is 6.92 Å². The van der Waals surface area contributed by atoms with Crippen molar-refractivity contribution in [2.24, 2.45) is 0 Å². The molecule has 0 aliphatic carbocycles. The van der Waals surface area contributed by atoms with Crippen LogP contribution >= 0.6 is 11.6 Å². The highest BCUT2D eigenvalue weighted by Gasteiger charge is 2.13. The molecule has 0 heterocycles. The number of ether oxygens (including phenoxy) is 1. The first-order valence-corrected chi connectivity index (χ1v) is 6.00. The smallest absolute Gasteiger partial charge is 0.338 e. The van der Waals surface area contributed by atoms with Crippen molar-refractivity contribution >= 4 is 23.4 Å². The van der Waals surface area contributed by atoms with E-state index in [0.717, 1.165) is 5.56 Å². The van der Waals surface area contributed by atoms with Crippen LogP contribution in [-0.4, -0.2) is 24.2 Å². The normalized spacial score (nSPS) is 10.1. The van der Waals surface area contributed by atoms with Crippen molar-refractivity contribution in [1.82, 2.24) is 0 Å². The molecule has 0 N–H and O–H groups in total. The van der Waals surface area contributed by atoms with Crippen molar-refractivity contribution in [2.75, 3.05) is 12.5 Å². The molecular formula is C13H15ClO3. The molecule has 4 heteroatoms. The quantitative estimate of drug-likeness (QED) is 0.461. The van der Waals surface area contributed by atoms with Gasteiger partial charge < -0.3 is 4.74 Å². The third-order valence-corrected chi connectivity index (χ3v) is 2.57. The number of halogens is 1. The first-order valence-electron chi connectivity index (χ1n) is 5.47. The van der Waals surface area contributed by atoms with Gasteiger partial charge in [0, 0.05) is 17.9 Å². The zero-order valence-electron chi connectivity index (χ0n) is 9.96. The summed E-state index contributed by atoms with van der Waals surface area (Å²) in [6, 6.07) is 5.02. The standard InChI is InChI=1S/C13H15ClO3/c1-3-17-13(16)11-8-10(5-4-9(11)2)12(15)6-7-14/h4-5,8H,3,6-7H2,1-2H3. The Morgan fingerprint density at radius 2 is 2.06 bits per heavy atom. The molecule has 0 saturated carbocycles. The Hall–Kier alpha value is -1.35. The van der Waals surface area contributed by atoms with E-state index in [1.165, 1.54) is 0 Å². The summed E-state index contributed by atoms with van der Waals surface area (Å²) in [4.78, 5) is 23.3. The van der Waals surface area contributed by atoms with Crippen LogP contribution in [0.2, 0.25) is 0 Å². The molecule has 0 atom stereocenters. The van der Waals surface area contributed by atoms with Crippen LogP contribution in [0, 0.1) is 6.92 Å². The second-order valence-electron chi connectivity index (χ2n) is 3.61. The molecule has 0 radical (unpaired) electrons. The van der Waals surface area contributed by atoms with Gasteiger partial charge in [0.05, 0.1) is 12.2 Å². The topological polar surface area (TPSA) is 43.4 Å². The van der Waals surface area contributed by atoms with Gasteiger partial charge in [-0.15, -0.1) is 11.6 Å². The predicted molar refractivity (Wildman–Crippen MR) is 66.8 cm³/mol. The molecule has 0 aromatic heterocycles. The summed E-state index contributed by atoms with van der Waals surface area (Å²) in [7, 11) is 0. The minimum atomic E-state index is -0.398.